The van der Waals surface area contributed by atoms with Crippen LogP contribution >= 0.6 is 0 Å². The lowest BCUT2D eigenvalue weighted by Crippen LogP contribution is -2.61. The first-order valence-electron chi connectivity index (χ1n) is 4.17. The highest BCUT2D eigenvalue weighted by molar-refractivity contribution is 5.78. The van der Waals surface area contributed by atoms with Crippen molar-refractivity contribution in [2.75, 3.05) is 6.54 Å². The molecule has 5 nitrogen and oxygen atoms in total. The average molecular weight is 186 g/mol. The summed E-state index contributed by atoms with van der Waals surface area (Å²) in [7, 11) is 0. The monoisotopic (exact) mass is 186 g/mol. The van der Waals surface area contributed by atoms with Crippen molar-refractivity contribution in [1.29, 1.82) is 0 Å². The average Bonchev–Trinajstić information content (AvgIpc) is 1.80. The van der Waals surface area contributed by atoms with Gasteiger partial charge in [0, 0.05) is 6.54 Å². The third kappa shape index (κ3) is 1.46. The van der Waals surface area contributed by atoms with Crippen LogP contribution in [0.25, 0.3) is 0 Å². The molecule has 13 heavy (non-hydrogen) atoms. The highest BCUT2D eigenvalue weighted by Crippen LogP contribution is 2.34. The Hall–Kier alpha value is -1.26. The zero-order chi connectivity index (χ0) is 10.2. The fourth-order valence-corrected chi connectivity index (χ4v) is 1.54. The topological polar surface area (TPSA) is 83.6 Å². The van der Waals surface area contributed by atoms with Gasteiger partial charge in [0.05, 0.1) is 11.5 Å². The molecule has 3 N–H and O–H groups in total. The van der Waals surface area contributed by atoms with Crippen molar-refractivity contribution in [3.05, 3.63) is 0 Å². The van der Waals surface area contributed by atoms with Crippen molar-refractivity contribution in [2.45, 2.75) is 26.3 Å². The summed E-state index contributed by atoms with van der Waals surface area (Å²) in [6.07, 6.45) is 0.711. The second-order valence-electron chi connectivity index (χ2n) is 3.86. The molecule has 1 atom stereocenters. The molecule has 1 aliphatic heterocycles. The number of hydrogen-bond donors (Lipinski definition) is 2. The maximum Gasteiger partial charge on any atom is 0.315 e. The molecule has 1 saturated heterocycles. The van der Waals surface area contributed by atoms with Crippen molar-refractivity contribution < 1.29 is 14.7 Å². The number of likely N-dealkylation sites (tertiary alicyclic amines) is 1. The van der Waals surface area contributed by atoms with Crippen molar-refractivity contribution in [3.63, 3.8) is 0 Å². The van der Waals surface area contributed by atoms with Gasteiger partial charge >= 0.3 is 12.0 Å². The van der Waals surface area contributed by atoms with Crippen molar-refractivity contribution in [3.8, 4) is 0 Å². The lowest BCUT2D eigenvalue weighted by molar-refractivity contribution is -0.152. The number of amides is 2. The summed E-state index contributed by atoms with van der Waals surface area (Å²) in [5.74, 6) is -0.900. The minimum absolute atomic E-state index is 0.262. The number of urea groups is 1. The van der Waals surface area contributed by atoms with E-state index in [4.69, 9.17) is 10.8 Å². The molecule has 0 aromatic carbocycles. The van der Waals surface area contributed by atoms with Gasteiger partial charge in [-0.2, -0.15) is 0 Å². The molecule has 74 valence electrons. The van der Waals surface area contributed by atoms with Crippen molar-refractivity contribution in [2.24, 2.45) is 11.1 Å². The van der Waals surface area contributed by atoms with Crippen LogP contribution < -0.4 is 5.73 Å². The second kappa shape index (κ2) is 2.90. The number of carbonyl (C=O) groups is 2. The number of primary amides is 1. The van der Waals surface area contributed by atoms with Crippen LogP contribution in [-0.2, 0) is 4.79 Å². The van der Waals surface area contributed by atoms with Crippen LogP contribution in [0.1, 0.15) is 20.3 Å². The Labute approximate surface area is 76.5 Å². The van der Waals surface area contributed by atoms with Gasteiger partial charge in [-0.25, -0.2) is 4.79 Å². The zero-order valence-electron chi connectivity index (χ0n) is 7.78. The van der Waals surface area contributed by atoms with E-state index in [-0.39, 0.29) is 6.04 Å². The minimum atomic E-state index is -0.909. The number of carbonyl (C=O) groups excluding carboxylic acids is 1. The number of aliphatic carboxylic acids is 1. The van der Waals surface area contributed by atoms with E-state index in [1.54, 1.807) is 13.8 Å². The van der Waals surface area contributed by atoms with E-state index in [0.29, 0.717) is 13.0 Å². The van der Waals surface area contributed by atoms with Crippen LogP contribution in [0.2, 0.25) is 0 Å². The largest absolute Gasteiger partial charge is 0.481 e. The van der Waals surface area contributed by atoms with Crippen LogP contribution in [0, 0.1) is 5.41 Å². The summed E-state index contributed by atoms with van der Waals surface area (Å²) in [4.78, 5) is 23.1. The summed E-state index contributed by atoms with van der Waals surface area (Å²) in [6.45, 7) is 3.78. The smallest absolute Gasteiger partial charge is 0.315 e. The molecular formula is C8H14N2O3. The molecule has 1 aliphatic rings. The normalized spacial score (nSPS) is 22.3. The summed E-state index contributed by atoms with van der Waals surface area (Å²) in [6, 6.07) is -0.798. The van der Waals surface area contributed by atoms with E-state index in [9.17, 15) is 9.59 Å². The van der Waals surface area contributed by atoms with E-state index in [0.717, 1.165) is 0 Å². The predicted octanol–water partition coefficient (Wildman–Crippen LogP) is 0.250. The quantitative estimate of drug-likeness (QED) is 0.648. The fraction of sp³-hybridized carbons (Fsp3) is 0.750. The van der Waals surface area contributed by atoms with Gasteiger partial charge in [-0.3, -0.25) is 4.79 Å². The molecule has 1 unspecified atom stereocenters. The van der Waals surface area contributed by atoms with Gasteiger partial charge in [0.15, 0.2) is 0 Å². The fourth-order valence-electron chi connectivity index (χ4n) is 1.54. The number of carboxylic acid groups (broad SMARTS) is 1. The maximum atomic E-state index is 10.8. The third-order valence-corrected chi connectivity index (χ3v) is 2.69. The SMILES string of the molecule is CC(C)(C(=O)O)C1CCN1C(N)=O. The van der Waals surface area contributed by atoms with Gasteiger partial charge in [-0.1, -0.05) is 0 Å². The highest BCUT2D eigenvalue weighted by Gasteiger charge is 2.46. The number of nitrogens with zero attached hydrogens (tertiary/aromatic N) is 1. The van der Waals surface area contributed by atoms with Crippen LogP contribution in [0.15, 0.2) is 0 Å². The molecule has 0 bridgehead atoms. The number of hydrogen-bond acceptors (Lipinski definition) is 2. The Bertz CT molecular complexity index is 250. The Morgan fingerprint density at radius 2 is 2.08 bits per heavy atom. The maximum absolute atomic E-state index is 10.8. The molecule has 0 aromatic rings. The number of nitrogens with two attached hydrogens (primary N) is 1. The minimum Gasteiger partial charge on any atom is -0.481 e. The van der Waals surface area contributed by atoms with Crippen LogP contribution in [0.5, 0.6) is 0 Å². The molecule has 1 heterocycles. The van der Waals surface area contributed by atoms with E-state index >= 15 is 0 Å². The van der Waals surface area contributed by atoms with Crippen LogP contribution in [-0.4, -0.2) is 34.6 Å². The standard InChI is InChI=1S/C8H14N2O3/c1-8(2,6(11)12)5-3-4-10(5)7(9)13/h5H,3-4H2,1-2H3,(H2,9,13)(H,11,12). The van der Waals surface area contributed by atoms with Gasteiger partial charge in [-0.05, 0) is 20.3 Å². The Balaban J connectivity index is 2.73. The van der Waals surface area contributed by atoms with Gasteiger partial charge in [0.2, 0.25) is 0 Å². The summed E-state index contributed by atoms with van der Waals surface area (Å²) in [5.41, 5.74) is 4.17. The highest BCUT2D eigenvalue weighted by atomic mass is 16.4. The van der Waals surface area contributed by atoms with Gasteiger partial charge < -0.3 is 15.7 Å². The summed E-state index contributed by atoms with van der Waals surface area (Å²) in [5, 5.41) is 8.90. The van der Waals surface area contributed by atoms with E-state index in [1.165, 1.54) is 4.90 Å². The molecule has 0 aliphatic carbocycles. The molecule has 0 spiro atoms. The summed E-state index contributed by atoms with van der Waals surface area (Å²) >= 11 is 0. The van der Waals surface area contributed by atoms with Gasteiger partial charge in [-0.15, -0.1) is 0 Å². The molecule has 1 fully saturated rings. The summed E-state index contributed by atoms with van der Waals surface area (Å²) < 4.78 is 0. The predicted molar refractivity (Wildman–Crippen MR) is 46.1 cm³/mol. The van der Waals surface area contributed by atoms with Gasteiger partial charge in [0.1, 0.15) is 0 Å². The Kier molecular flexibility index (Phi) is 2.19. The molecule has 5 heteroatoms. The molecule has 0 radical (unpaired) electrons. The van der Waals surface area contributed by atoms with Gasteiger partial charge in [0.25, 0.3) is 0 Å². The molecular weight excluding hydrogens is 172 g/mol. The van der Waals surface area contributed by atoms with E-state index in [2.05, 4.69) is 0 Å². The number of rotatable bonds is 2. The lowest BCUT2D eigenvalue weighted by Gasteiger charge is -2.46. The first kappa shape index (κ1) is 9.83. The van der Waals surface area contributed by atoms with Crippen LogP contribution in [0.4, 0.5) is 4.79 Å². The molecule has 1 rings (SSSR count). The van der Waals surface area contributed by atoms with E-state index < -0.39 is 17.4 Å². The van der Waals surface area contributed by atoms with Crippen LogP contribution in [0.3, 0.4) is 0 Å². The third-order valence-electron chi connectivity index (χ3n) is 2.69. The number of carboxylic acids is 1. The lowest BCUT2D eigenvalue weighted by atomic mass is 9.77. The zero-order valence-corrected chi connectivity index (χ0v) is 7.78. The van der Waals surface area contributed by atoms with E-state index in [1.807, 2.05) is 0 Å². The van der Waals surface area contributed by atoms with Crippen molar-refractivity contribution >= 4 is 12.0 Å². The first-order chi connectivity index (χ1) is 5.87. The molecule has 0 saturated carbocycles. The Morgan fingerprint density at radius 1 is 1.54 bits per heavy atom. The first-order valence-corrected chi connectivity index (χ1v) is 4.17. The van der Waals surface area contributed by atoms with Crippen molar-refractivity contribution in [1.82, 2.24) is 4.90 Å². The molecule has 0 aromatic heterocycles. The second-order valence-corrected chi connectivity index (χ2v) is 3.86. The Morgan fingerprint density at radius 3 is 2.31 bits per heavy atom. The molecule has 2 amide bonds.